The minimum Gasteiger partial charge on any atom is -0.303 e. The minimum absolute atomic E-state index is 0.165. The average Bonchev–Trinajstić information content (AvgIpc) is 2.45. The highest BCUT2D eigenvalue weighted by molar-refractivity contribution is 7.72. The SMILES string of the molecule is C=CCCc1ccccc1C(=O)P(=O)(OCC)OCC. The van der Waals surface area contributed by atoms with E-state index in [-0.39, 0.29) is 13.2 Å². The van der Waals surface area contributed by atoms with Gasteiger partial charge in [0.05, 0.1) is 13.2 Å². The van der Waals surface area contributed by atoms with Gasteiger partial charge in [-0.3, -0.25) is 9.36 Å². The number of hydrogen-bond donors (Lipinski definition) is 0. The van der Waals surface area contributed by atoms with Gasteiger partial charge in [0.2, 0.25) is 0 Å². The summed E-state index contributed by atoms with van der Waals surface area (Å²) in [5.74, 6) is 0. The minimum atomic E-state index is -3.76. The average molecular weight is 296 g/mol. The van der Waals surface area contributed by atoms with Crippen molar-refractivity contribution in [1.82, 2.24) is 0 Å². The maximum Gasteiger partial charge on any atom is 0.401 e. The van der Waals surface area contributed by atoms with E-state index in [9.17, 15) is 9.36 Å². The molecule has 0 aliphatic heterocycles. The number of carbonyl (C=O) groups is 1. The molecule has 1 aromatic carbocycles. The Morgan fingerprint density at radius 1 is 1.25 bits per heavy atom. The Hall–Kier alpha value is -1.22. The topological polar surface area (TPSA) is 52.6 Å². The predicted molar refractivity (Wildman–Crippen MR) is 80.1 cm³/mol. The lowest BCUT2D eigenvalue weighted by Gasteiger charge is -2.17. The first-order chi connectivity index (χ1) is 9.59. The van der Waals surface area contributed by atoms with Crippen molar-refractivity contribution in [1.29, 1.82) is 0 Å². The van der Waals surface area contributed by atoms with Gasteiger partial charge in [-0.25, -0.2) is 0 Å². The monoisotopic (exact) mass is 296 g/mol. The van der Waals surface area contributed by atoms with Crippen LogP contribution in [0.3, 0.4) is 0 Å². The number of allylic oxidation sites excluding steroid dienone is 1. The molecule has 0 bridgehead atoms. The molecule has 0 N–H and O–H groups in total. The first kappa shape index (κ1) is 16.8. The van der Waals surface area contributed by atoms with Gasteiger partial charge in [-0.2, -0.15) is 0 Å². The van der Waals surface area contributed by atoms with Crippen LogP contribution in [0.25, 0.3) is 0 Å². The molecule has 0 saturated heterocycles. The predicted octanol–water partition coefficient (Wildman–Crippen LogP) is 4.21. The molecule has 0 aliphatic carbocycles. The highest BCUT2D eigenvalue weighted by atomic mass is 31.2. The van der Waals surface area contributed by atoms with E-state index in [0.29, 0.717) is 12.0 Å². The number of aryl methyl sites for hydroxylation is 1. The summed E-state index contributed by atoms with van der Waals surface area (Å²) < 4.78 is 22.7. The van der Waals surface area contributed by atoms with Gasteiger partial charge in [0.15, 0.2) is 0 Å². The van der Waals surface area contributed by atoms with Crippen molar-refractivity contribution in [2.75, 3.05) is 13.2 Å². The Balaban J connectivity index is 3.11. The molecule has 4 nitrogen and oxygen atoms in total. The Kier molecular flexibility index (Phi) is 6.86. The van der Waals surface area contributed by atoms with E-state index in [1.165, 1.54) is 0 Å². The molecule has 1 aromatic rings. The van der Waals surface area contributed by atoms with E-state index in [0.717, 1.165) is 12.0 Å². The lowest BCUT2D eigenvalue weighted by Crippen LogP contribution is -2.10. The molecule has 0 saturated carbocycles. The van der Waals surface area contributed by atoms with Crippen molar-refractivity contribution in [2.45, 2.75) is 26.7 Å². The van der Waals surface area contributed by atoms with Crippen LogP contribution in [0.2, 0.25) is 0 Å². The third-order valence-electron chi connectivity index (χ3n) is 2.71. The van der Waals surface area contributed by atoms with Gasteiger partial charge >= 0.3 is 7.60 Å². The Morgan fingerprint density at radius 2 is 1.85 bits per heavy atom. The molecular weight excluding hydrogens is 275 g/mol. The van der Waals surface area contributed by atoms with E-state index >= 15 is 0 Å². The van der Waals surface area contributed by atoms with Crippen molar-refractivity contribution < 1.29 is 18.4 Å². The van der Waals surface area contributed by atoms with Gasteiger partial charge in [-0.05, 0) is 32.3 Å². The molecule has 0 unspecified atom stereocenters. The van der Waals surface area contributed by atoms with Crippen molar-refractivity contribution in [3.05, 3.63) is 48.0 Å². The van der Waals surface area contributed by atoms with Crippen LogP contribution in [-0.2, 0) is 20.0 Å². The molecule has 0 amide bonds. The van der Waals surface area contributed by atoms with E-state index in [1.54, 1.807) is 32.1 Å². The van der Waals surface area contributed by atoms with E-state index < -0.39 is 13.1 Å². The maximum atomic E-state index is 12.5. The molecule has 0 radical (unpaired) electrons. The third kappa shape index (κ3) is 4.14. The number of carbonyl (C=O) groups excluding carboxylic acids is 1. The molecule has 0 aliphatic rings. The first-order valence-corrected chi connectivity index (χ1v) is 8.26. The second-order valence-electron chi connectivity index (χ2n) is 4.12. The summed E-state index contributed by atoms with van der Waals surface area (Å²) in [5.41, 5.74) is 0.664. The maximum absolute atomic E-state index is 12.5. The highest BCUT2D eigenvalue weighted by Gasteiger charge is 2.36. The fourth-order valence-electron chi connectivity index (χ4n) is 1.85. The number of rotatable bonds is 9. The summed E-state index contributed by atoms with van der Waals surface area (Å²) in [5, 5.41) is 0. The Morgan fingerprint density at radius 3 is 2.40 bits per heavy atom. The largest absolute Gasteiger partial charge is 0.401 e. The van der Waals surface area contributed by atoms with Gasteiger partial charge in [-0.15, -0.1) is 6.58 Å². The van der Waals surface area contributed by atoms with Crippen molar-refractivity contribution >= 4 is 13.1 Å². The van der Waals surface area contributed by atoms with Crippen molar-refractivity contribution in [3.63, 3.8) is 0 Å². The lowest BCUT2D eigenvalue weighted by atomic mass is 10.0. The van der Waals surface area contributed by atoms with Gasteiger partial charge < -0.3 is 9.05 Å². The number of benzene rings is 1. The fourth-order valence-corrected chi connectivity index (χ4v) is 3.35. The zero-order chi connectivity index (χ0) is 15.0. The van der Waals surface area contributed by atoms with Gasteiger partial charge in [0, 0.05) is 5.56 Å². The van der Waals surface area contributed by atoms with Crippen LogP contribution in [0.15, 0.2) is 36.9 Å². The molecular formula is C15H21O4P. The lowest BCUT2D eigenvalue weighted by molar-refractivity contribution is 0.100. The van der Waals surface area contributed by atoms with Crippen LogP contribution in [0.1, 0.15) is 36.2 Å². The van der Waals surface area contributed by atoms with Crippen molar-refractivity contribution in [2.24, 2.45) is 0 Å². The van der Waals surface area contributed by atoms with Crippen LogP contribution in [0.5, 0.6) is 0 Å². The van der Waals surface area contributed by atoms with E-state index in [1.807, 2.05) is 12.1 Å². The van der Waals surface area contributed by atoms with Gasteiger partial charge in [-0.1, -0.05) is 30.3 Å². The second-order valence-corrected chi connectivity index (χ2v) is 6.04. The van der Waals surface area contributed by atoms with Crippen LogP contribution in [0, 0.1) is 0 Å². The summed E-state index contributed by atoms with van der Waals surface area (Å²) in [7, 11) is -3.76. The molecule has 0 fully saturated rings. The summed E-state index contributed by atoms with van der Waals surface area (Å²) in [6, 6.07) is 7.10. The first-order valence-electron chi connectivity index (χ1n) is 6.71. The van der Waals surface area contributed by atoms with E-state index in [4.69, 9.17) is 9.05 Å². The normalized spacial score (nSPS) is 11.3. The molecule has 0 spiro atoms. The zero-order valence-electron chi connectivity index (χ0n) is 12.0. The molecule has 0 aromatic heterocycles. The van der Waals surface area contributed by atoms with Crippen LogP contribution in [-0.4, -0.2) is 18.7 Å². The summed E-state index contributed by atoms with van der Waals surface area (Å²) in [4.78, 5) is 12.5. The van der Waals surface area contributed by atoms with E-state index in [2.05, 4.69) is 6.58 Å². The smallest absolute Gasteiger partial charge is 0.303 e. The molecule has 110 valence electrons. The summed E-state index contributed by atoms with van der Waals surface area (Å²) in [6.45, 7) is 7.36. The molecule has 20 heavy (non-hydrogen) atoms. The molecule has 5 heteroatoms. The van der Waals surface area contributed by atoms with Crippen LogP contribution < -0.4 is 0 Å². The summed E-state index contributed by atoms with van der Waals surface area (Å²) in [6.07, 6.45) is 3.20. The van der Waals surface area contributed by atoms with Crippen LogP contribution in [0.4, 0.5) is 0 Å². The quantitative estimate of drug-likeness (QED) is 0.506. The second kappa shape index (κ2) is 8.15. The molecule has 0 atom stereocenters. The fraction of sp³-hybridized carbons (Fsp3) is 0.400. The summed E-state index contributed by atoms with van der Waals surface area (Å²) >= 11 is 0. The Bertz CT molecular complexity index is 500. The highest BCUT2D eigenvalue weighted by Crippen LogP contribution is 2.51. The molecule has 0 heterocycles. The van der Waals surface area contributed by atoms with Gasteiger partial charge in [0.25, 0.3) is 5.52 Å². The van der Waals surface area contributed by atoms with Crippen molar-refractivity contribution in [3.8, 4) is 0 Å². The Labute approximate surface area is 120 Å². The molecule has 1 rings (SSSR count). The number of hydrogen-bond acceptors (Lipinski definition) is 4. The van der Waals surface area contributed by atoms with Gasteiger partial charge in [0.1, 0.15) is 0 Å². The standard InChI is InChI=1S/C15H21O4P/c1-4-7-10-13-11-8-9-12-14(13)15(16)20(17,18-5-2)19-6-3/h4,8-9,11-12H,1,5-7,10H2,2-3H3. The third-order valence-corrected chi connectivity index (χ3v) is 4.65. The van der Waals surface area contributed by atoms with Crippen LogP contribution >= 0.6 is 7.60 Å². The zero-order valence-corrected chi connectivity index (χ0v) is 12.9.